The molecule has 1 N–H and O–H groups in total. The minimum atomic E-state index is -4.95. The van der Waals surface area contributed by atoms with Gasteiger partial charge in [0.25, 0.3) is 5.69 Å². The molecule has 1 rings (SSSR count). The summed E-state index contributed by atoms with van der Waals surface area (Å²) in [7, 11) is 0. The van der Waals surface area contributed by atoms with E-state index in [1.807, 2.05) is 0 Å². The molecule has 9 heteroatoms. The van der Waals surface area contributed by atoms with Gasteiger partial charge >= 0.3 is 12.1 Å². The maximum Gasteiger partial charge on any atom is 0.424 e. The fourth-order valence-electron chi connectivity index (χ4n) is 0.931. The predicted molar refractivity (Wildman–Crippen MR) is 42.9 cm³/mol. The van der Waals surface area contributed by atoms with Gasteiger partial charge in [-0.15, -0.1) is 0 Å². The molecule has 0 aliphatic heterocycles. The van der Waals surface area contributed by atoms with Crippen LogP contribution in [0.1, 0.15) is 16.1 Å². The average Bonchev–Trinajstić information content (AvgIpc) is 2.15. The summed E-state index contributed by atoms with van der Waals surface area (Å²) < 4.78 is 36.7. The van der Waals surface area contributed by atoms with Crippen molar-refractivity contribution in [2.24, 2.45) is 0 Å². The molecular weight excluding hydrogens is 233 g/mol. The monoisotopic (exact) mass is 236 g/mol. The van der Waals surface area contributed by atoms with Crippen molar-refractivity contribution in [2.75, 3.05) is 0 Å². The molecule has 0 aliphatic carbocycles. The summed E-state index contributed by atoms with van der Waals surface area (Å²) >= 11 is 0. The zero-order chi connectivity index (χ0) is 12.5. The van der Waals surface area contributed by atoms with Crippen LogP contribution in [0, 0.1) is 10.1 Å². The van der Waals surface area contributed by atoms with Gasteiger partial charge in [-0.25, -0.2) is 9.78 Å². The van der Waals surface area contributed by atoms with Crippen LogP contribution in [-0.4, -0.2) is 21.0 Å². The Morgan fingerprint density at radius 3 is 2.44 bits per heavy atom. The van der Waals surface area contributed by atoms with Crippen LogP contribution in [0.4, 0.5) is 18.9 Å². The maximum atomic E-state index is 12.2. The van der Waals surface area contributed by atoms with Crippen molar-refractivity contribution in [1.82, 2.24) is 4.98 Å². The van der Waals surface area contributed by atoms with E-state index in [1.54, 1.807) is 0 Å². The van der Waals surface area contributed by atoms with Crippen molar-refractivity contribution in [2.45, 2.75) is 6.18 Å². The van der Waals surface area contributed by atoms with Crippen molar-refractivity contribution >= 4 is 11.7 Å². The number of halogens is 3. The largest absolute Gasteiger partial charge is 0.477 e. The molecule has 0 spiro atoms. The van der Waals surface area contributed by atoms with E-state index in [0.717, 1.165) is 0 Å². The van der Waals surface area contributed by atoms with Gasteiger partial charge in [0.05, 0.1) is 4.92 Å². The van der Waals surface area contributed by atoms with Crippen molar-refractivity contribution in [3.8, 4) is 0 Å². The lowest BCUT2D eigenvalue weighted by Gasteiger charge is -2.06. The van der Waals surface area contributed by atoms with Crippen LogP contribution in [0.15, 0.2) is 12.3 Å². The van der Waals surface area contributed by atoms with E-state index in [-0.39, 0.29) is 12.3 Å². The molecule has 0 aromatic carbocycles. The molecule has 0 fully saturated rings. The van der Waals surface area contributed by atoms with Crippen molar-refractivity contribution in [3.05, 3.63) is 33.6 Å². The minimum Gasteiger partial charge on any atom is -0.477 e. The Hall–Kier alpha value is -2.19. The number of hydrogen-bond donors (Lipinski definition) is 1. The first-order valence-electron chi connectivity index (χ1n) is 3.68. The molecule has 86 valence electrons. The highest BCUT2D eigenvalue weighted by molar-refractivity contribution is 5.86. The number of nitrogens with zero attached hydrogens (tertiary/aromatic N) is 2. The van der Waals surface area contributed by atoms with Gasteiger partial charge in [0.15, 0.2) is 11.3 Å². The second kappa shape index (κ2) is 3.76. The first-order valence-corrected chi connectivity index (χ1v) is 3.68. The van der Waals surface area contributed by atoms with Gasteiger partial charge in [-0.05, 0) is 0 Å². The first-order chi connectivity index (χ1) is 7.23. The van der Waals surface area contributed by atoms with Crippen LogP contribution >= 0.6 is 0 Å². The Bertz CT molecular complexity index is 457. The van der Waals surface area contributed by atoms with E-state index in [2.05, 4.69) is 4.98 Å². The van der Waals surface area contributed by atoms with Crippen molar-refractivity contribution < 1.29 is 28.0 Å². The molecule has 0 radical (unpaired) electrons. The van der Waals surface area contributed by atoms with Crippen LogP contribution in [0.3, 0.4) is 0 Å². The molecule has 0 amide bonds. The van der Waals surface area contributed by atoms with E-state index in [0.29, 0.717) is 0 Å². The molecule has 1 aromatic rings. The lowest BCUT2D eigenvalue weighted by atomic mass is 10.2. The van der Waals surface area contributed by atoms with E-state index in [9.17, 15) is 28.1 Å². The van der Waals surface area contributed by atoms with Gasteiger partial charge in [0.2, 0.25) is 0 Å². The number of pyridine rings is 1. The van der Waals surface area contributed by atoms with E-state index >= 15 is 0 Å². The van der Waals surface area contributed by atoms with Gasteiger partial charge in [-0.2, -0.15) is 13.2 Å². The Labute approximate surface area is 85.5 Å². The Balaban J connectivity index is 3.43. The molecule has 1 aromatic heterocycles. The van der Waals surface area contributed by atoms with Crippen LogP contribution in [0.5, 0.6) is 0 Å². The molecule has 0 saturated carbocycles. The molecule has 0 aliphatic rings. The highest BCUT2D eigenvalue weighted by Gasteiger charge is 2.39. The van der Waals surface area contributed by atoms with Crippen LogP contribution < -0.4 is 0 Å². The summed E-state index contributed by atoms with van der Waals surface area (Å²) in [5.74, 6) is -1.64. The van der Waals surface area contributed by atoms with Gasteiger partial charge in [-0.3, -0.25) is 10.1 Å². The highest BCUT2D eigenvalue weighted by atomic mass is 19.4. The number of nitro groups is 1. The lowest BCUT2D eigenvalue weighted by Crippen LogP contribution is -2.12. The number of carbonyl (C=O) groups is 1. The smallest absolute Gasteiger partial charge is 0.424 e. The quantitative estimate of drug-likeness (QED) is 0.623. The third-order valence-electron chi connectivity index (χ3n) is 1.60. The number of hydrogen-bond acceptors (Lipinski definition) is 4. The van der Waals surface area contributed by atoms with Crippen LogP contribution in [-0.2, 0) is 6.18 Å². The van der Waals surface area contributed by atoms with Gasteiger partial charge in [0.1, 0.15) is 0 Å². The second-order valence-corrected chi connectivity index (χ2v) is 2.65. The molecule has 0 atom stereocenters. The first kappa shape index (κ1) is 11.9. The fourth-order valence-corrected chi connectivity index (χ4v) is 0.931. The number of aromatic nitrogens is 1. The van der Waals surface area contributed by atoms with Gasteiger partial charge in [0, 0.05) is 12.3 Å². The summed E-state index contributed by atoms with van der Waals surface area (Å²) in [5.41, 5.74) is -3.73. The summed E-state index contributed by atoms with van der Waals surface area (Å²) in [6.45, 7) is 0. The highest BCUT2D eigenvalue weighted by Crippen LogP contribution is 2.35. The third kappa shape index (κ3) is 2.24. The molecule has 0 unspecified atom stereocenters. The Morgan fingerprint density at radius 2 is 2.06 bits per heavy atom. The number of aromatic carboxylic acids is 1. The van der Waals surface area contributed by atoms with E-state index in [4.69, 9.17) is 5.11 Å². The number of carboxylic acid groups (broad SMARTS) is 1. The average molecular weight is 236 g/mol. The van der Waals surface area contributed by atoms with E-state index in [1.165, 1.54) is 0 Å². The van der Waals surface area contributed by atoms with Gasteiger partial charge < -0.3 is 5.11 Å². The molecule has 0 bridgehead atoms. The normalized spacial score (nSPS) is 11.2. The van der Waals surface area contributed by atoms with Crippen LogP contribution in [0.25, 0.3) is 0 Å². The van der Waals surface area contributed by atoms with Crippen molar-refractivity contribution in [3.63, 3.8) is 0 Å². The zero-order valence-electron chi connectivity index (χ0n) is 7.35. The Kier molecular flexibility index (Phi) is 2.79. The molecular formula is C7H3F3N2O4. The number of alkyl halides is 3. The summed E-state index contributed by atoms with van der Waals surface area (Å²) in [6.07, 6.45) is -4.83. The zero-order valence-corrected chi connectivity index (χ0v) is 7.35. The fraction of sp³-hybridized carbons (Fsp3) is 0.143. The summed E-state index contributed by atoms with van der Waals surface area (Å²) in [5, 5.41) is 18.7. The topological polar surface area (TPSA) is 93.3 Å². The Morgan fingerprint density at radius 1 is 1.50 bits per heavy atom. The third-order valence-corrected chi connectivity index (χ3v) is 1.60. The van der Waals surface area contributed by atoms with Crippen LogP contribution in [0.2, 0.25) is 0 Å². The van der Waals surface area contributed by atoms with E-state index < -0.39 is 34.0 Å². The second-order valence-electron chi connectivity index (χ2n) is 2.65. The molecule has 6 nitrogen and oxygen atoms in total. The van der Waals surface area contributed by atoms with Crippen molar-refractivity contribution in [1.29, 1.82) is 0 Å². The predicted octanol–water partition coefficient (Wildman–Crippen LogP) is 1.71. The molecule has 0 saturated heterocycles. The number of rotatable bonds is 2. The summed E-state index contributed by atoms with van der Waals surface area (Å²) in [4.78, 5) is 22.4. The SMILES string of the molecule is O=C(O)c1cc([N+](=O)[O-])c(C(F)(F)F)cn1. The lowest BCUT2D eigenvalue weighted by molar-refractivity contribution is -0.388. The maximum absolute atomic E-state index is 12.2. The van der Waals surface area contributed by atoms with Gasteiger partial charge in [-0.1, -0.05) is 0 Å². The number of carboxylic acids is 1. The molecule has 1 heterocycles. The minimum absolute atomic E-state index is 0.127. The molecule has 16 heavy (non-hydrogen) atoms. The standard InChI is InChI=1S/C7H3F3N2O4/c8-7(9,10)3-2-11-4(6(13)14)1-5(3)12(15)16/h1-2H,(H,13,14). The summed E-state index contributed by atoms with van der Waals surface area (Å²) in [6, 6.07) is 0.269.